The summed E-state index contributed by atoms with van der Waals surface area (Å²) in [4.78, 5) is 35.0. The predicted molar refractivity (Wildman–Crippen MR) is 129 cm³/mol. The standard InChI is InChI=1S/C12H13N7.C10H19NOS/c1-3-19-11(8-4-14-7(2)15-5-8)18-9-10(13)16-6-17-12(9)19;1-3-9(4-2)10(12)11-5-7-13-8-6-11/h4-6H,3H2,1-2H3,(H2,13,16,17);9H,3-8H2,1-2H3. The first-order chi connectivity index (χ1) is 15.5. The Kier molecular flexibility index (Phi) is 8.38. The van der Waals surface area contributed by atoms with E-state index in [4.69, 9.17) is 5.73 Å². The number of aromatic nitrogens is 6. The molecule has 1 aliphatic rings. The van der Waals surface area contributed by atoms with Gasteiger partial charge in [-0.25, -0.2) is 24.9 Å². The highest BCUT2D eigenvalue weighted by Gasteiger charge is 2.22. The molecule has 0 radical (unpaired) electrons. The fourth-order valence-electron chi connectivity index (χ4n) is 3.66. The lowest BCUT2D eigenvalue weighted by atomic mass is 10.0. The molecule has 1 amide bonds. The van der Waals surface area contributed by atoms with E-state index >= 15 is 0 Å². The molecular weight excluding hydrogens is 424 g/mol. The zero-order chi connectivity index (χ0) is 23.1. The zero-order valence-corrected chi connectivity index (χ0v) is 20.1. The van der Waals surface area contributed by atoms with Gasteiger partial charge in [-0.05, 0) is 26.7 Å². The Morgan fingerprint density at radius 2 is 1.75 bits per heavy atom. The van der Waals surface area contributed by atoms with Crippen molar-refractivity contribution in [1.29, 1.82) is 0 Å². The van der Waals surface area contributed by atoms with Crippen molar-refractivity contribution >= 4 is 34.7 Å². The molecule has 0 saturated carbocycles. The minimum absolute atomic E-state index is 0.267. The molecule has 0 atom stereocenters. The first-order valence-electron chi connectivity index (χ1n) is 11.1. The van der Waals surface area contributed by atoms with Crippen LogP contribution in [0.25, 0.3) is 22.6 Å². The van der Waals surface area contributed by atoms with E-state index in [1.165, 1.54) is 6.33 Å². The van der Waals surface area contributed by atoms with Gasteiger partial charge < -0.3 is 15.2 Å². The van der Waals surface area contributed by atoms with Gasteiger partial charge >= 0.3 is 0 Å². The molecule has 4 heterocycles. The number of imidazole rings is 1. The molecule has 0 unspecified atom stereocenters. The number of anilines is 1. The molecule has 4 rings (SSSR count). The number of nitrogen functional groups attached to an aromatic ring is 1. The number of amides is 1. The van der Waals surface area contributed by atoms with Gasteiger partial charge in [-0.15, -0.1) is 0 Å². The van der Waals surface area contributed by atoms with Gasteiger partial charge in [0, 0.05) is 49.5 Å². The maximum absolute atomic E-state index is 11.9. The van der Waals surface area contributed by atoms with Crippen LogP contribution in [0.5, 0.6) is 0 Å². The van der Waals surface area contributed by atoms with Gasteiger partial charge in [0.15, 0.2) is 17.0 Å². The average molecular weight is 457 g/mol. The Bertz CT molecular complexity index is 1030. The van der Waals surface area contributed by atoms with E-state index in [0.29, 0.717) is 17.2 Å². The van der Waals surface area contributed by atoms with Crippen LogP contribution in [0, 0.1) is 12.8 Å². The van der Waals surface area contributed by atoms with E-state index in [1.54, 1.807) is 12.4 Å². The van der Waals surface area contributed by atoms with Gasteiger partial charge in [0.2, 0.25) is 5.91 Å². The highest BCUT2D eigenvalue weighted by Crippen LogP contribution is 2.24. The summed E-state index contributed by atoms with van der Waals surface area (Å²) in [5.41, 5.74) is 8.01. The first kappa shape index (κ1) is 23.9. The van der Waals surface area contributed by atoms with E-state index in [2.05, 4.69) is 38.8 Å². The van der Waals surface area contributed by atoms with Crippen LogP contribution >= 0.6 is 11.8 Å². The zero-order valence-electron chi connectivity index (χ0n) is 19.3. The highest BCUT2D eigenvalue weighted by molar-refractivity contribution is 7.99. The average Bonchev–Trinajstić information content (AvgIpc) is 3.21. The Morgan fingerprint density at radius 1 is 1.09 bits per heavy atom. The van der Waals surface area contributed by atoms with Crippen LogP contribution in [-0.4, -0.2) is 64.9 Å². The van der Waals surface area contributed by atoms with Gasteiger partial charge in [-0.2, -0.15) is 11.8 Å². The van der Waals surface area contributed by atoms with Crippen LogP contribution in [0.4, 0.5) is 5.82 Å². The molecule has 1 saturated heterocycles. The van der Waals surface area contributed by atoms with E-state index in [0.717, 1.165) is 66.8 Å². The summed E-state index contributed by atoms with van der Waals surface area (Å²) < 4.78 is 1.97. The largest absolute Gasteiger partial charge is 0.382 e. The number of nitrogens with two attached hydrogens (primary N) is 1. The third-order valence-electron chi connectivity index (χ3n) is 5.57. The topological polar surface area (TPSA) is 116 Å². The second kappa shape index (κ2) is 11.2. The summed E-state index contributed by atoms with van der Waals surface area (Å²) in [5, 5.41) is 0. The Hall–Kier alpha value is -2.75. The number of hydrogen-bond donors (Lipinski definition) is 1. The molecular formula is C22H32N8OS. The summed E-state index contributed by atoms with van der Waals surface area (Å²) in [6.07, 6.45) is 6.91. The van der Waals surface area contributed by atoms with Crippen LogP contribution in [0.1, 0.15) is 39.4 Å². The SMILES string of the molecule is CCC(CC)C(=O)N1CCSCC1.CCn1c(-c2cnc(C)nc2)nc2c(N)ncnc21. The van der Waals surface area contributed by atoms with Crippen molar-refractivity contribution in [2.45, 2.75) is 47.1 Å². The van der Waals surface area contributed by atoms with Crippen molar-refractivity contribution in [3.05, 3.63) is 24.5 Å². The van der Waals surface area contributed by atoms with E-state index < -0.39 is 0 Å². The van der Waals surface area contributed by atoms with Crippen molar-refractivity contribution < 1.29 is 4.79 Å². The molecule has 3 aromatic heterocycles. The molecule has 9 nitrogen and oxygen atoms in total. The van der Waals surface area contributed by atoms with Crippen LogP contribution in [0.15, 0.2) is 18.7 Å². The lowest BCUT2D eigenvalue weighted by Crippen LogP contribution is -2.41. The molecule has 10 heteroatoms. The van der Waals surface area contributed by atoms with Crippen LogP contribution < -0.4 is 5.73 Å². The molecule has 172 valence electrons. The van der Waals surface area contributed by atoms with Gasteiger partial charge in [0.05, 0.1) is 5.56 Å². The fourth-order valence-corrected chi connectivity index (χ4v) is 4.56. The number of fused-ring (bicyclic) bond motifs is 1. The molecule has 1 aliphatic heterocycles. The first-order valence-corrected chi connectivity index (χ1v) is 12.3. The van der Waals surface area contributed by atoms with Crippen molar-refractivity contribution in [2.75, 3.05) is 30.3 Å². The Morgan fingerprint density at radius 3 is 2.34 bits per heavy atom. The molecule has 32 heavy (non-hydrogen) atoms. The number of aryl methyl sites for hydroxylation is 2. The van der Waals surface area contributed by atoms with Crippen LogP contribution in [0.2, 0.25) is 0 Å². The maximum atomic E-state index is 11.9. The molecule has 0 aromatic carbocycles. The van der Waals surface area contributed by atoms with Crippen LogP contribution in [0.3, 0.4) is 0 Å². The lowest BCUT2D eigenvalue weighted by Gasteiger charge is -2.29. The Labute approximate surface area is 193 Å². The van der Waals surface area contributed by atoms with E-state index in [1.807, 2.05) is 35.1 Å². The fraction of sp³-hybridized carbons (Fsp3) is 0.545. The predicted octanol–water partition coefficient (Wildman–Crippen LogP) is 3.19. The highest BCUT2D eigenvalue weighted by atomic mass is 32.2. The quantitative estimate of drug-likeness (QED) is 0.622. The van der Waals surface area contributed by atoms with Gasteiger partial charge in [-0.1, -0.05) is 13.8 Å². The van der Waals surface area contributed by atoms with E-state index in [9.17, 15) is 4.79 Å². The summed E-state index contributed by atoms with van der Waals surface area (Å²) >= 11 is 1.95. The number of carbonyl (C=O) groups excluding carboxylic acids is 1. The van der Waals surface area contributed by atoms with Crippen molar-refractivity contribution in [2.24, 2.45) is 5.92 Å². The van der Waals surface area contributed by atoms with Crippen molar-refractivity contribution in [3.63, 3.8) is 0 Å². The Balaban J connectivity index is 0.000000195. The smallest absolute Gasteiger partial charge is 0.225 e. The number of rotatable bonds is 5. The lowest BCUT2D eigenvalue weighted by molar-refractivity contribution is -0.135. The monoisotopic (exact) mass is 456 g/mol. The molecule has 2 N–H and O–H groups in total. The van der Waals surface area contributed by atoms with Gasteiger partial charge in [0.25, 0.3) is 0 Å². The molecule has 0 bridgehead atoms. The maximum Gasteiger partial charge on any atom is 0.225 e. The summed E-state index contributed by atoms with van der Waals surface area (Å²) in [6.45, 7) is 10.7. The minimum Gasteiger partial charge on any atom is -0.382 e. The van der Waals surface area contributed by atoms with E-state index in [-0.39, 0.29) is 5.92 Å². The normalized spacial score (nSPS) is 13.8. The summed E-state index contributed by atoms with van der Waals surface area (Å²) in [6, 6.07) is 0. The molecule has 0 aliphatic carbocycles. The van der Waals surface area contributed by atoms with Crippen LogP contribution in [-0.2, 0) is 11.3 Å². The third-order valence-corrected chi connectivity index (χ3v) is 6.52. The number of carbonyl (C=O) groups is 1. The second-order valence-electron chi connectivity index (χ2n) is 7.58. The van der Waals surface area contributed by atoms with Crippen molar-refractivity contribution in [1.82, 2.24) is 34.4 Å². The third kappa shape index (κ3) is 5.35. The second-order valence-corrected chi connectivity index (χ2v) is 8.81. The molecule has 1 fully saturated rings. The summed E-state index contributed by atoms with van der Waals surface area (Å²) in [7, 11) is 0. The van der Waals surface area contributed by atoms with Gasteiger partial charge in [-0.3, -0.25) is 4.79 Å². The number of thioether (sulfide) groups is 1. The summed E-state index contributed by atoms with van der Waals surface area (Å²) in [5.74, 6) is 4.74. The minimum atomic E-state index is 0.267. The molecule has 3 aromatic rings. The molecule has 0 spiro atoms. The van der Waals surface area contributed by atoms with Gasteiger partial charge in [0.1, 0.15) is 18.0 Å². The number of hydrogen-bond acceptors (Lipinski definition) is 8. The number of nitrogens with zero attached hydrogens (tertiary/aromatic N) is 7. The van der Waals surface area contributed by atoms with Crippen molar-refractivity contribution in [3.8, 4) is 11.4 Å².